The molecule has 1 aliphatic rings. The van der Waals surface area contributed by atoms with Crippen LogP contribution in [0.5, 0.6) is 0 Å². The molecule has 1 saturated carbocycles. The zero-order valence-corrected chi connectivity index (χ0v) is 5.38. The lowest BCUT2D eigenvalue weighted by Crippen LogP contribution is -2.37. The summed E-state index contributed by atoms with van der Waals surface area (Å²) in [6, 6.07) is 0.465. The smallest absolute Gasteiger partial charge is 0.0607 e. The maximum absolute atomic E-state index is 8.58. The van der Waals surface area contributed by atoms with Crippen LogP contribution < -0.4 is 5.32 Å². The highest BCUT2D eigenvalue weighted by Gasteiger charge is 2.23. The summed E-state index contributed by atoms with van der Waals surface area (Å²) in [5.41, 5.74) is 0. The second-order valence-electron chi connectivity index (χ2n) is 2.50. The van der Waals surface area contributed by atoms with Crippen molar-refractivity contribution < 1.29 is 10.2 Å². The minimum Gasteiger partial charge on any atom is -0.395 e. The van der Waals surface area contributed by atoms with Crippen molar-refractivity contribution in [2.45, 2.75) is 24.9 Å². The summed E-state index contributed by atoms with van der Waals surface area (Å²) in [5, 5.41) is 20.3. The van der Waals surface area contributed by atoms with E-state index in [0.29, 0.717) is 6.04 Å². The molecule has 0 bridgehead atoms. The van der Waals surface area contributed by atoms with Gasteiger partial charge >= 0.3 is 0 Å². The monoisotopic (exact) mass is 131 g/mol. The van der Waals surface area contributed by atoms with E-state index in [1.54, 1.807) is 0 Å². The van der Waals surface area contributed by atoms with E-state index < -0.39 is 0 Å². The number of nitrogens with one attached hydrogen (secondary N) is 1. The zero-order valence-electron chi connectivity index (χ0n) is 5.38. The van der Waals surface area contributed by atoms with Gasteiger partial charge in [-0.15, -0.1) is 0 Å². The molecule has 0 heterocycles. The standard InChI is InChI=1S/C6H13NO2/c8-3-6(4-9)7-5-1-2-5/h5-9H,1-4H2. The Morgan fingerprint density at radius 1 is 1.33 bits per heavy atom. The Balaban J connectivity index is 2.05. The Hall–Kier alpha value is -0.120. The van der Waals surface area contributed by atoms with Crippen LogP contribution in [0.3, 0.4) is 0 Å². The summed E-state index contributed by atoms with van der Waals surface area (Å²) in [5.74, 6) is 0. The van der Waals surface area contributed by atoms with Gasteiger partial charge in [-0.25, -0.2) is 0 Å². The molecule has 3 N–H and O–H groups in total. The highest BCUT2D eigenvalue weighted by Crippen LogP contribution is 2.18. The molecule has 54 valence electrons. The number of aliphatic hydroxyl groups excluding tert-OH is 2. The number of aliphatic hydroxyl groups is 2. The molecular formula is C6H13NO2. The van der Waals surface area contributed by atoms with Crippen molar-refractivity contribution in [3.8, 4) is 0 Å². The third-order valence-corrected chi connectivity index (χ3v) is 1.49. The molecule has 0 radical (unpaired) electrons. The van der Waals surface area contributed by atoms with E-state index in [9.17, 15) is 0 Å². The van der Waals surface area contributed by atoms with Crippen molar-refractivity contribution in [2.24, 2.45) is 0 Å². The van der Waals surface area contributed by atoms with Crippen molar-refractivity contribution in [1.29, 1.82) is 0 Å². The van der Waals surface area contributed by atoms with Crippen LogP contribution in [0.1, 0.15) is 12.8 Å². The molecular weight excluding hydrogens is 118 g/mol. The summed E-state index contributed by atoms with van der Waals surface area (Å²) in [6.45, 7) is 0.0694. The van der Waals surface area contributed by atoms with Crippen LogP contribution in [0, 0.1) is 0 Å². The first-order chi connectivity index (χ1) is 4.36. The minimum atomic E-state index is -0.0995. The van der Waals surface area contributed by atoms with Crippen molar-refractivity contribution >= 4 is 0 Å². The molecule has 1 aliphatic carbocycles. The van der Waals surface area contributed by atoms with E-state index in [-0.39, 0.29) is 19.3 Å². The van der Waals surface area contributed by atoms with E-state index in [2.05, 4.69) is 5.32 Å². The lowest BCUT2D eigenvalue weighted by Gasteiger charge is -2.11. The van der Waals surface area contributed by atoms with Crippen LogP contribution in [0.25, 0.3) is 0 Å². The molecule has 0 saturated heterocycles. The fourth-order valence-corrected chi connectivity index (χ4v) is 0.746. The van der Waals surface area contributed by atoms with Gasteiger partial charge in [0.15, 0.2) is 0 Å². The van der Waals surface area contributed by atoms with Crippen LogP contribution in [-0.4, -0.2) is 35.5 Å². The Morgan fingerprint density at radius 2 is 1.89 bits per heavy atom. The molecule has 9 heavy (non-hydrogen) atoms. The predicted octanol–water partition coefficient (Wildman–Crippen LogP) is -0.908. The first kappa shape index (κ1) is 6.99. The SMILES string of the molecule is OCC(CO)NC1CC1. The van der Waals surface area contributed by atoms with Gasteiger partial charge in [0.05, 0.1) is 19.3 Å². The molecule has 0 aliphatic heterocycles. The number of hydrogen-bond acceptors (Lipinski definition) is 3. The molecule has 0 aromatic carbocycles. The average molecular weight is 131 g/mol. The topological polar surface area (TPSA) is 52.5 Å². The fourth-order valence-electron chi connectivity index (χ4n) is 0.746. The van der Waals surface area contributed by atoms with Crippen molar-refractivity contribution in [3.05, 3.63) is 0 Å². The van der Waals surface area contributed by atoms with E-state index in [1.165, 1.54) is 12.8 Å². The van der Waals surface area contributed by atoms with Gasteiger partial charge < -0.3 is 15.5 Å². The second-order valence-corrected chi connectivity index (χ2v) is 2.50. The van der Waals surface area contributed by atoms with Crippen molar-refractivity contribution in [3.63, 3.8) is 0 Å². The molecule has 0 aromatic rings. The van der Waals surface area contributed by atoms with Gasteiger partial charge in [0.2, 0.25) is 0 Å². The zero-order chi connectivity index (χ0) is 6.69. The average Bonchev–Trinajstić information content (AvgIpc) is 2.66. The quantitative estimate of drug-likeness (QED) is 0.463. The van der Waals surface area contributed by atoms with Crippen LogP contribution in [0.2, 0.25) is 0 Å². The van der Waals surface area contributed by atoms with E-state index in [4.69, 9.17) is 10.2 Å². The maximum atomic E-state index is 8.58. The van der Waals surface area contributed by atoms with Crippen molar-refractivity contribution in [1.82, 2.24) is 5.32 Å². The predicted molar refractivity (Wildman–Crippen MR) is 34.1 cm³/mol. The molecule has 3 heteroatoms. The summed E-state index contributed by atoms with van der Waals surface area (Å²) >= 11 is 0. The number of rotatable bonds is 4. The number of hydrogen-bond donors (Lipinski definition) is 3. The highest BCUT2D eigenvalue weighted by atomic mass is 16.3. The normalized spacial score (nSPS) is 19.0. The fraction of sp³-hybridized carbons (Fsp3) is 1.00. The molecule has 0 unspecified atom stereocenters. The van der Waals surface area contributed by atoms with Crippen LogP contribution in [0.15, 0.2) is 0 Å². The third-order valence-electron chi connectivity index (χ3n) is 1.49. The lowest BCUT2D eigenvalue weighted by atomic mass is 10.3. The molecule has 0 spiro atoms. The molecule has 0 aromatic heterocycles. The minimum absolute atomic E-state index is 0.0347. The van der Waals surface area contributed by atoms with E-state index in [1.807, 2.05) is 0 Å². The van der Waals surface area contributed by atoms with Gasteiger partial charge in [-0.05, 0) is 12.8 Å². The first-order valence-electron chi connectivity index (χ1n) is 3.34. The highest BCUT2D eigenvalue weighted by molar-refractivity contribution is 4.84. The second kappa shape index (κ2) is 3.15. The van der Waals surface area contributed by atoms with Gasteiger partial charge in [0.25, 0.3) is 0 Å². The van der Waals surface area contributed by atoms with E-state index >= 15 is 0 Å². The van der Waals surface area contributed by atoms with Gasteiger partial charge in [-0.2, -0.15) is 0 Å². The maximum Gasteiger partial charge on any atom is 0.0607 e. The Morgan fingerprint density at radius 3 is 2.22 bits per heavy atom. The van der Waals surface area contributed by atoms with Gasteiger partial charge in [-0.1, -0.05) is 0 Å². The molecule has 0 amide bonds. The largest absolute Gasteiger partial charge is 0.395 e. The van der Waals surface area contributed by atoms with Gasteiger partial charge in [0, 0.05) is 6.04 Å². The third kappa shape index (κ3) is 2.30. The first-order valence-corrected chi connectivity index (χ1v) is 3.34. The lowest BCUT2D eigenvalue weighted by molar-refractivity contribution is 0.170. The van der Waals surface area contributed by atoms with Gasteiger partial charge in [0.1, 0.15) is 0 Å². The summed E-state index contributed by atoms with van der Waals surface area (Å²) < 4.78 is 0. The van der Waals surface area contributed by atoms with Crippen LogP contribution in [0.4, 0.5) is 0 Å². The Labute approximate surface area is 54.7 Å². The summed E-state index contributed by atoms with van der Waals surface area (Å²) in [7, 11) is 0. The molecule has 1 rings (SSSR count). The van der Waals surface area contributed by atoms with Crippen LogP contribution >= 0.6 is 0 Å². The molecule has 3 nitrogen and oxygen atoms in total. The van der Waals surface area contributed by atoms with E-state index in [0.717, 1.165) is 0 Å². The van der Waals surface area contributed by atoms with Crippen molar-refractivity contribution in [2.75, 3.05) is 13.2 Å². The van der Waals surface area contributed by atoms with Crippen LogP contribution in [-0.2, 0) is 0 Å². The van der Waals surface area contributed by atoms with Gasteiger partial charge in [-0.3, -0.25) is 0 Å². The molecule has 1 fully saturated rings. The Bertz CT molecular complexity index is 79.1. The Kier molecular flexibility index (Phi) is 2.45. The summed E-state index contributed by atoms with van der Waals surface area (Å²) in [6.07, 6.45) is 2.38. The molecule has 0 atom stereocenters. The summed E-state index contributed by atoms with van der Waals surface area (Å²) in [4.78, 5) is 0.